The second kappa shape index (κ2) is 5.67. The molecule has 3 aromatic rings. The van der Waals surface area contributed by atoms with Gasteiger partial charge in [-0.3, -0.25) is 10.1 Å². The molecule has 0 atom stereocenters. The molecule has 0 aliphatic rings. The zero-order valence-electron chi connectivity index (χ0n) is 10.6. The van der Waals surface area contributed by atoms with Crippen molar-refractivity contribution in [3.8, 4) is 0 Å². The van der Waals surface area contributed by atoms with E-state index in [4.69, 9.17) is 11.6 Å². The third kappa shape index (κ3) is 2.81. The molecule has 0 aliphatic carbocycles. The molecule has 1 heterocycles. The molecule has 0 radical (unpaired) electrons. The van der Waals surface area contributed by atoms with Crippen molar-refractivity contribution in [2.75, 3.05) is 0 Å². The van der Waals surface area contributed by atoms with Gasteiger partial charge in [0.2, 0.25) is 5.15 Å². The Balaban J connectivity index is 2.02. The van der Waals surface area contributed by atoms with Crippen LogP contribution in [-0.2, 0) is 0 Å². The molecule has 0 fully saturated rings. The average molecular weight is 318 g/mol. The van der Waals surface area contributed by atoms with E-state index in [1.165, 1.54) is 18.1 Å². The number of fused-ring (bicyclic) bond motifs is 1. The molecule has 0 saturated carbocycles. The van der Waals surface area contributed by atoms with Crippen molar-refractivity contribution >= 4 is 39.8 Å². The normalized spacial score (nSPS) is 10.7. The first-order chi connectivity index (χ1) is 10.1. The molecular formula is C14H8ClN3O2S. The van der Waals surface area contributed by atoms with Gasteiger partial charge in [0.1, 0.15) is 6.33 Å². The maximum atomic E-state index is 11.1. The summed E-state index contributed by atoms with van der Waals surface area (Å²) in [5, 5.41) is 13.3. The van der Waals surface area contributed by atoms with Crippen LogP contribution in [-0.4, -0.2) is 14.9 Å². The van der Waals surface area contributed by atoms with Gasteiger partial charge in [-0.05, 0) is 22.9 Å². The van der Waals surface area contributed by atoms with Crippen molar-refractivity contribution in [1.29, 1.82) is 0 Å². The molecule has 0 unspecified atom stereocenters. The number of hydrogen-bond donors (Lipinski definition) is 0. The highest BCUT2D eigenvalue weighted by Crippen LogP contribution is 2.36. The Morgan fingerprint density at radius 3 is 2.62 bits per heavy atom. The number of halogens is 1. The average Bonchev–Trinajstić information content (AvgIpc) is 2.47. The highest BCUT2D eigenvalue weighted by molar-refractivity contribution is 7.99. The fourth-order valence-corrected chi connectivity index (χ4v) is 3.08. The van der Waals surface area contributed by atoms with E-state index in [9.17, 15) is 10.1 Å². The van der Waals surface area contributed by atoms with Crippen LogP contribution in [0.1, 0.15) is 0 Å². The number of aromatic nitrogens is 2. The summed E-state index contributed by atoms with van der Waals surface area (Å²) >= 11 is 6.97. The second-order valence-corrected chi connectivity index (χ2v) is 5.61. The monoisotopic (exact) mass is 317 g/mol. The lowest BCUT2D eigenvalue weighted by atomic mass is 10.1. The topological polar surface area (TPSA) is 68.9 Å². The van der Waals surface area contributed by atoms with Gasteiger partial charge in [0.25, 0.3) is 0 Å². The Kier molecular flexibility index (Phi) is 3.72. The van der Waals surface area contributed by atoms with Gasteiger partial charge in [0.15, 0.2) is 5.03 Å². The molecule has 0 bridgehead atoms. The maximum absolute atomic E-state index is 11.1. The van der Waals surface area contributed by atoms with Gasteiger partial charge in [-0.1, -0.05) is 53.7 Å². The zero-order chi connectivity index (χ0) is 14.8. The smallest absolute Gasteiger partial charge is 0.258 e. The summed E-state index contributed by atoms with van der Waals surface area (Å²) in [7, 11) is 0. The fourth-order valence-electron chi connectivity index (χ4n) is 1.91. The predicted molar refractivity (Wildman–Crippen MR) is 81.8 cm³/mol. The van der Waals surface area contributed by atoms with Crippen molar-refractivity contribution in [2.45, 2.75) is 9.92 Å². The van der Waals surface area contributed by atoms with Crippen LogP contribution in [0.4, 0.5) is 5.69 Å². The van der Waals surface area contributed by atoms with Crippen LogP contribution in [0.2, 0.25) is 5.15 Å². The van der Waals surface area contributed by atoms with Crippen LogP contribution < -0.4 is 0 Å². The Labute approximate surface area is 129 Å². The first-order valence-electron chi connectivity index (χ1n) is 5.96. The third-order valence-electron chi connectivity index (χ3n) is 2.86. The molecule has 2 aromatic carbocycles. The largest absolute Gasteiger partial charge is 0.338 e. The first-order valence-corrected chi connectivity index (χ1v) is 7.16. The van der Waals surface area contributed by atoms with E-state index in [2.05, 4.69) is 9.97 Å². The summed E-state index contributed by atoms with van der Waals surface area (Å²) in [6.07, 6.45) is 1.22. The highest BCUT2D eigenvalue weighted by atomic mass is 35.5. The minimum Gasteiger partial charge on any atom is -0.258 e. The van der Waals surface area contributed by atoms with E-state index in [0.29, 0.717) is 0 Å². The summed E-state index contributed by atoms with van der Waals surface area (Å²) in [5.74, 6) is 0. The summed E-state index contributed by atoms with van der Waals surface area (Å²) in [6.45, 7) is 0. The molecule has 5 nitrogen and oxygen atoms in total. The summed E-state index contributed by atoms with van der Waals surface area (Å²) in [6, 6.07) is 13.7. The fraction of sp³-hybridized carbons (Fsp3) is 0. The summed E-state index contributed by atoms with van der Waals surface area (Å²) < 4.78 is 0. The van der Waals surface area contributed by atoms with Gasteiger partial charge in [0, 0.05) is 4.90 Å². The van der Waals surface area contributed by atoms with Gasteiger partial charge in [-0.15, -0.1) is 0 Å². The van der Waals surface area contributed by atoms with E-state index in [-0.39, 0.29) is 15.9 Å². The third-order valence-corrected chi connectivity index (χ3v) is 4.12. The molecule has 1 aromatic heterocycles. The van der Waals surface area contributed by atoms with E-state index in [0.717, 1.165) is 15.7 Å². The number of nitrogens with zero attached hydrogens (tertiary/aromatic N) is 3. The molecule has 104 valence electrons. The van der Waals surface area contributed by atoms with E-state index in [1.807, 2.05) is 42.5 Å². The molecule has 0 N–H and O–H groups in total. The van der Waals surface area contributed by atoms with Crippen molar-refractivity contribution in [2.24, 2.45) is 0 Å². The molecule has 0 amide bonds. The number of benzene rings is 2. The minimum atomic E-state index is -0.564. The van der Waals surface area contributed by atoms with Crippen molar-refractivity contribution in [3.05, 3.63) is 64.1 Å². The summed E-state index contributed by atoms with van der Waals surface area (Å²) in [5.41, 5.74) is -0.266. The van der Waals surface area contributed by atoms with Crippen molar-refractivity contribution in [3.63, 3.8) is 0 Å². The van der Waals surface area contributed by atoms with Gasteiger partial charge >= 0.3 is 5.69 Å². The lowest BCUT2D eigenvalue weighted by molar-refractivity contribution is -0.388. The lowest BCUT2D eigenvalue weighted by Gasteiger charge is -2.04. The van der Waals surface area contributed by atoms with E-state index in [1.54, 1.807) is 0 Å². The molecule has 0 spiro atoms. The standard InChI is InChI=1S/C14H8ClN3O2S/c15-13-12(18(19)20)14(17-8-16-13)21-11-6-5-9-3-1-2-4-10(9)7-11/h1-8H. The lowest BCUT2D eigenvalue weighted by Crippen LogP contribution is -1.96. The molecule has 21 heavy (non-hydrogen) atoms. The van der Waals surface area contributed by atoms with Crippen LogP contribution in [0, 0.1) is 10.1 Å². The Hall–Kier alpha value is -2.18. The highest BCUT2D eigenvalue weighted by Gasteiger charge is 2.22. The van der Waals surface area contributed by atoms with Gasteiger partial charge in [0.05, 0.1) is 4.92 Å². The van der Waals surface area contributed by atoms with Crippen LogP contribution in [0.5, 0.6) is 0 Å². The van der Waals surface area contributed by atoms with Crippen LogP contribution >= 0.6 is 23.4 Å². The summed E-state index contributed by atoms with van der Waals surface area (Å²) in [4.78, 5) is 19.0. The van der Waals surface area contributed by atoms with Crippen LogP contribution in [0.15, 0.2) is 58.7 Å². The van der Waals surface area contributed by atoms with Gasteiger partial charge < -0.3 is 0 Å². The molecular weight excluding hydrogens is 310 g/mol. The van der Waals surface area contributed by atoms with E-state index >= 15 is 0 Å². The minimum absolute atomic E-state index is 0.154. The first kappa shape index (κ1) is 13.8. The molecule has 0 saturated heterocycles. The van der Waals surface area contributed by atoms with Crippen LogP contribution in [0.25, 0.3) is 10.8 Å². The van der Waals surface area contributed by atoms with Crippen LogP contribution in [0.3, 0.4) is 0 Å². The van der Waals surface area contributed by atoms with Crippen molar-refractivity contribution in [1.82, 2.24) is 9.97 Å². The maximum Gasteiger partial charge on any atom is 0.338 e. The molecule has 7 heteroatoms. The zero-order valence-corrected chi connectivity index (χ0v) is 12.1. The molecule has 3 rings (SSSR count). The number of hydrogen-bond acceptors (Lipinski definition) is 5. The SMILES string of the molecule is O=[N+]([O-])c1c(Cl)ncnc1Sc1ccc2ccccc2c1. The van der Waals surface area contributed by atoms with E-state index < -0.39 is 4.92 Å². The number of nitro groups is 1. The predicted octanol–water partition coefficient (Wildman–Crippen LogP) is 4.34. The second-order valence-electron chi connectivity index (χ2n) is 4.19. The van der Waals surface area contributed by atoms with Gasteiger partial charge in [-0.2, -0.15) is 0 Å². The molecule has 0 aliphatic heterocycles. The Morgan fingerprint density at radius 2 is 1.86 bits per heavy atom. The quantitative estimate of drug-likeness (QED) is 0.408. The Morgan fingerprint density at radius 1 is 1.10 bits per heavy atom. The van der Waals surface area contributed by atoms with Crippen molar-refractivity contribution < 1.29 is 4.92 Å². The van der Waals surface area contributed by atoms with Gasteiger partial charge in [-0.25, -0.2) is 9.97 Å². The number of rotatable bonds is 3. The Bertz CT molecular complexity index is 841.